The molecule has 12 heteroatoms. The van der Waals surface area contributed by atoms with E-state index in [0.717, 1.165) is 23.9 Å². The number of nitrogens with zero attached hydrogens (tertiary/aromatic N) is 4. The summed E-state index contributed by atoms with van der Waals surface area (Å²) in [5.41, 5.74) is -0.219. The first-order valence-corrected chi connectivity index (χ1v) is 9.01. The molecule has 8 nitrogen and oxygen atoms in total. The molecule has 0 aliphatic heterocycles. The number of nitro groups is 1. The Balaban J connectivity index is 1.77. The van der Waals surface area contributed by atoms with Gasteiger partial charge in [-0.1, -0.05) is 35.0 Å². The number of thioether (sulfide) groups is 1. The van der Waals surface area contributed by atoms with Crippen LogP contribution in [-0.4, -0.2) is 30.7 Å². The molecule has 0 saturated carbocycles. The molecule has 0 radical (unpaired) electrons. The van der Waals surface area contributed by atoms with Gasteiger partial charge in [0.25, 0.3) is 0 Å². The molecule has 27 heavy (non-hydrogen) atoms. The van der Waals surface area contributed by atoms with E-state index in [0.29, 0.717) is 20.8 Å². The van der Waals surface area contributed by atoms with E-state index in [1.165, 1.54) is 12.1 Å². The number of aromatic nitrogens is 3. The second-order valence-electron chi connectivity index (χ2n) is 5.36. The summed E-state index contributed by atoms with van der Waals surface area (Å²) in [4.78, 5) is 22.3. The second kappa shape index (κ2) is 7.67. The van der Waals surface area contributed by atoms with E-state index in [4.69, 9.17) is 23.2 Å². The third kappa shape index (κ3) is 4.12. The molecule has 0 spiro atoms. The number of carbonyl (C=O) groups excluding carboxylic acids is 1. The third-order valence-electron chi connectivity index (χ3n) is 3.46. The molecule has 3 aromatic rings. The Bertz CT molecular complexity index is 1060. The van der Waals surface area contributed by atoms with Crippen molar-refractivity contribution in [2.75, 3.05) is 5.32 Å². The first-order chi connectivity index (χ1) is 12.8. The second-order valence-corrected chi connectivity index (χ2v) is 7.51. The lowest BCUT2D eigenvalue weighted by molar-refractivity contribution is -0.387. The molecule has 3 rings (SSSR count). The standard InChI is InChI=1S/C15H10Cl2FN5O3S/c1-7(14(24)19-9-2-3-11(18)12(5-9)23(25)26)27-15-21-20-13-10(17)4-8(16)6-22(13)15/h2-7H,1H3,(H,19,24). The van der Waals surface area contributed by atoms with Crippen LogP contribution in [0.15, 0.2) is 35.6 Å². The number of pyridine rings is 1. The van der Waals surface area contributed by atoms with Crippen LogP contribution < -0.4 is 5.32 Å². The number of fused-ring (bicyclic) bond motifs is 1. The summed E-state index contributed by atoms with van der Waals surface area (Å²) in [5.74, 6) is -1.44. The van der Waals surface area contributed by atoms with Crippen molar-refractivity contribution in [3.63, 3.8) is 0 Å². The molecule has 140 valence electrons. The Morgan fingerprint density at radius 3 is 2.81 bits per heavy atom. The topological polar surface area (TPSA) is 102 Å². The Kier molecular flexibility index (Phi) is 5.49. The number of hydrogen-bond donors (Lipinski definition) is 1. The molecule has 0 saturated heterocycles. The van der Waals surface area contributed by atoms with Crippen molar-refractivity contribution in [2.24, 2.45) is 0 Å². The van der Waals surface area contributed by atoms with Gasteiger partial charge in [-0.3, -0.25) is 19.3 Å². The summed E-state index contributed by atoms with van der Waals surface area (Å²) < 4.78 is 14.9. The Morgan fingerprint density at radius 1 is 1.37 bits per heavy atom. The van der Waals surface area contributed by atoms with Gasteiger partial charge in [0.1, 0.15) is 0 Å². The average molecular weight is 430 g/mol. The molecule has 1 aromatic carbocycles. The van der Waals surface area contributed by atoms with Gasteiger partial charge in [0, 0.05) is 18.0 Å². The predicted molar refractivity (Wildman–Crippen MR) is 100 cm³/mol. The minimum Gasteiger partial charge on any atom is -0.325 e. The number of rotatable bonds is 5. The van der Waals surface area contributed by atoms with Crippen molar-refractivity contribution in [1.82, 2.24) is 14.6 Å². The zero-order chi connectivity index (χ0) is 19.7. The summed E-state index contributed by atoms with van der Waals surface area (Å²) in [6.45, 7) is 1.62. The summed E-state index contributed by atoms with van der Waals surface area (Å²) in [5, 5.41) is 21.7. The molecular formula is C15H10Cl2FN5O3S. The smallest absolute Gasteiger partial charge is 0.306 e. The number of amides is 1. The molecule has 0 aliphatic rings. The maximum atomic E-state index is 13.4. The molecule has 0 fully saturated rings. The van der Waals surface area contributed by atoms with Gasteiger partial charge >= 0.3 is 5.69 Å². The monoisotopic (exact) mass is 429 g/mol. The lowest BCUT2D eigenvalue weighted by Gasteiger charge is -2.11. The van der Waals surface area contributed by atoms with Gasteiger partial charge in [-0.2, -0.15) is 4.39 Å². The normalized spacial score (nSPS) is 12.1. The van der Waals surface area contributed by atoms with Crippen molar-refractivity contribution >= 4 is 57.9 Å². The van der Waals surface area contributed by atoms with Crippen molar-refractivity contribution in [3.8, 4) is 0 Å². The number of hydrogen-bond acceptors (Lipinski definition) is 6. The van der Waals surface area contributed by atoms with Crippen molar-refractivity contribution < 1.29 is 14.1 Å². The molecule has 1 unspecified atom stereocenters. The van der Waals surface area contributed by atoms with Crippen LogP contribution in [0, 0.1) is 15.9 Å². The zero-order valence-corrected chi connectivity index (χ0v) is 15.8. The highest BCUT2D eigenvalue weighted by atomic mass is 35.5. The molecule has 0 aliphatic carbocycles. The number of carbonyl (C=O) groups is 1. The number of benzene rings is 1. The van der Waals surface area contributed by atoms with Gasteiger partial charge in [0.15, 0.2) is 10.8 Å². The highest BCUT2D eigenvalue weighted by Crippen LogP contribution is 2.28. The van der Waals surface area contributed by atoms with Gasteiger partial charge < -0.3 is 5.32 Å². The predicted octanol–water partition coefficient (Wildman–Crippen LogP) is 4.20. The van der Waals surface area contributed by atoms with E-state index >= 15 is 0 Å². The zero-order valence-electron chi connectivity index (χ0n) is 13.5. The molecule has 0 bridgehead atoms. The number of anilines is 1. The Labute approximate surface area is 165 Å². The molecule has 1 N–H and O–H groups in total. The van der Waals surface area contributed by atoms with Crippen LogP contribution in [0.4, 0.5) is 15.8 Å². The minimum atomic E-state index is -0.982. The molecule has 1 atom stereocenters. The van der Waals surface area contributed by atoms with Crippen molar-refractivity contribution in [2.45, 2.75) is 17.3 Å². The van der Waals surface area contributed by atoms with Gasteiger partial charge in [-0.25, -0.2) is 0 Å². The van der Waals surface area contributed by atoms with Crippen molar-refractivity contribution in [1.29, 1.82) is 0 Å². The summed E-state index contributed by atoms with van der Waals surface area (Å²) in [7, 11) is 0. The van der Waals surface area contributed by atoms with E-state index < -0.39 is 27.6 Å². The van der Waals surface area contributed by atoms with Crippen molar-refractivity contribution in [3.05, 3.63) is 56.4 Å². The third-order valence-corrected chi connectivity index (χ3v) is 5.00. The first-order valence-electron chi connectivity index (χ1n) is 7.37. The maximum Gasteiger partial charge on any atom is 0.306 e. The van der Waals surface area contributed by atoms with Gasteiger partial charge in [-0.05, 0) is 25.1 Å². The van der Waals surface area contributed by atoms with Crippen LogP contribution in [0.5, 0.6) is 0 Å². The van der Waals surface area contributed by atoms with E-state index in [1.807, 2.05) is 0 Å². The first kappa shape index (κ1) is 19.3. The molecular weight excluding hydrogens is 420 g/mol. The quantitative estimate of drug-likeness (QED) is 0.370. The van der Waals surface area contributed by atoms with Crippen LogP contribution in [0.1, 0.15) is 6.92 Å². The largest absolute Gasteiger partial charge is 0.325 e. The van der Waals surface area contributed by atoms with Crippen LogP contribution in [0.25, 0.3) is 5.65 Å². The molecule has 2 heterocycles. The van der Waals surface area contributed by atoms with Crippen LogP contribution >= 0.6 is 35.0 Å². The van der Waals surface area contributed by atoms with E-state index in [-0.39, 0.29) is 5.69 Å². The minimum absolute atomic E-state index is 0.109. The summed E-state index contributed by atoms with van der Waals surface area (Å²) in [6, 6.07) is 4.64. The SMILES string of the molecule is CC(Sc1nnc2c(Cl)cc(Cl)cn12)C(=O)Nc1ccc(F)c([N+](=O)[O-])c1. The maximum absolute atomic E-state index is 13.4. The summed E-state index contributed by atoms with van der Waals surface area (Å²) in [6.07, 6.45) is 1.57. The van der Waals surface area contributed by atoms with Gasteiger partial charge in [-0.15, -0.1) is 10.2 Å². The fraction of sp³-hybridized carbons (Fsp3) is 0.133. The fourth-order valence-electron chi connectivity index (χ4n) is 2.17. The Morgan fingerprint density at radius 2 is 2.11 bits per heavy atom. The van der Waals surface area contributed by atoms with Gasteiger partial charge in [0.05, 0.1) is 20.2 Å². The number of halogens is 3. The van der Waals surface area contributed by atoms with Crippen LogP contribution in [0.3, 0.4) is 0 Å². The van der Waals surface area contributed by atoms with Crippen LogP contribution in [0.2, 0.25) is 10.0 Å². The van der Waals surface area contributed by atoms with Crippen LogP contribution in [-0.2, 0) is 4.79 Å². The molecule has 1 amide bonds. The number of nitro benzene ring substituents is 1. The van der Waals surface area contributed by atoms with E-state index in [2.05, 4.69) is 15.5 Å². The van der Waals surface area contributed by atoms with E-state index in [1.54, 1.807) is 17.5 Å². The average Bonchev–Trinajstić information content (AvgIpc) is 2.99. The van der Waals surface area contributed by atoms with Gasteiger partial charge in [0.2, 0.25) is 11.7 Å². The highest BCUT2D eigenvalue weighted by Gasteiger charge is 2.21. The lowest BCUT2D eigenvalue weighted by Crippen LogP contribution is -2.22. The summed E-state index contributed by atoms with van der Waals surface area (Å²) >= 11 is 13.1. The molecule has 2 aromatic heterocycles. The van der Waals surface area contributed by atoms with E-state index in [9.17, 15) is 19.3 Å². The fourth-order valence-corrected chi connectivity index (χ4v) is 3.50. The number of nitrogens with one attached hydrogen (secondary N) is 1. The highest BCUT2D eigenvalue weighted by molar-refractivity contribution is 8.00. The Hall–Kier alpha value is -2.43. The lowest BCUT2D eigenvalue weighted by atomic mass is 10.2.